The smallest absolute Gasteiger partial charge is 0.229 e. The maximum atomic E-state index is 12.0. The molecule has 1 aromatic carbocycles. The number of rotatable bonds is 5. The van der Waals surface area contributed by atoms with Crippen LogP contribution in [-0.2, 0) is 22.7 Å². The van der Waals surface area contributed by atoms with Crippen molar-refractivity contribution in [2.45, 2.75) is 13.0 Å². The van der Waals surface area contributed by atoms with Crippen molar-refractivity contribution in [3.05, 3.63) is 58.8 Å². The van der Waals surface area contributed by atoms with Gasteiger partial charge in [0.1, 0.15) is 17.5 Å². The van der Waals surface area contributed by atoms with Crippen molar-refractivity contribution in [1.82, 2.24) is 19.9 Å². The molecule has 4 rings (SSSR count). The minimum absolute atomic E-state index is 0.231. The lowest BCUT2D eigenvalue weighted by Crippen LogP contribution is -2.27. The molecule has 0 unspecified atom stereocenters. The summed E-state index contributed by atoms with van der Waals surface area (Å²) in [6.07, 6.45) is 5.30. The molecule has 0 saturated carbocycles. The second-order valence-corrected chi connectivity index (χ2v) is 10.8. The fourth-order valence-electron chi connectivity index (χ4n) is 3.65. The molecule has 3 heterocycles. The quantitative estimate of drug-likeness (QED) is 0.569. The van der Waals surface area contributed by atoms with E-state index in [9.17, 15) is 14.7 Å². The van der Waals surface area contributed by atoms with Gasteiger partial charge in [-0.1, -0.05) is 6.07 Å². The van der Waals surface area contributed by atoms with Crippen molar-refractivity contribution in [2.24, 2.45) is 4.36 Å². The Kier molecular flexibility index (Phi) is 6.41. The molecule has 0 aliphatic carbocycles. The summed E-state index contributed by atoms with van der Waals surface area (Å²) in [5.74, 6) is 1.24. The number of nitriles is 2. The fraction of sp³-hybridized carbons (Fsp3) is 0.261. The first-order valence-corrected chi connectivity index (χ1v) is 12.8. The van der Waals surface area contributed by atoms with Crippen molar-refractivity contribution in [3.8, 4) is 12.1 Å². The average Bonchev–Trinajstić information content (AvgIpc) is 2.77. The van der Waals surface area contributed by atoms with Crippen molar-refractivity contribution < 1.29 is 4.21 Å². The lowest BCUT2D eigenvalue weighted by Gasteiger charge is -2.26. The zero-order chi connectivity index (χ0) is 24.3. The highest BCUT2D eigenvalue weighted by molar-refractivity contribution is 7.92. The van der Waals surface area contributed by atoms with E-state index < -0.39 is 9.73 Å². The van der Waals surface area contributed by atoms with Gasteiger partial charge in [0.25, 0.3) is 0 Å². The highest BCUT2D eigenvalue weighted by atomic mass is 32.2. The molecule has 2 aromatic heterocycles. The molecule has 10 nitrogen and oxygen atoms in total. The Hall–Kier alpha value is -4.06. The maximum absolute atomic E-state index is 12.0. The summed E-state index contributed by atoms with van der Waals surface area (Å²) in [6.45, 7) is 1.67. The van der Waals surface area contributed by atoms with Crippen LogP contribution in [0, 0.1) is 22.7 Å². The summed E-state index contributed by atoms with van der Waals surface area (Å²) < 4.78 is 16.1. The van der Waals surface area contributed by atoms with Crippen LogP contribution in [0.5, 0.6) is 0 Å². The van der Waals surface area contributed by atoms with Crippen LogP contribution in [0.25, 0.3) is 0 Å². The molecule has 0 amide bonds. The van der Waals surface area contributed by atoms with Crippen LogP contribution in [-0.4, -0.2) is 50.2 Å². The van der Waals surface area contributed by atoms with Gasteiger partial charge in [0.05, 0.1) is 17.8 Å². The van der Waals surface area contributed by atoms with Crippen LogP contribution in [0.1, 0.15) is 22.3 Å². The molecular weight excluding hydrogens is 450 g/mol. The normalized spacial score (nSPS) is 13.3. The second kappa shape index (κ2) is 9.43. The molecule has 2 N–H and O–H groups in total. The molecule has 11 heteroatoms. The Bertz CT molecular complexity index is 1450. The third-order valence-corrected chi connectivity index (χ3v) is 5.73. The highest BCUT2D eigenvalue weighted by Crippen LogP contribution is 2.28. The summed E-state index contributed by atoms with van der Waals surface area (Å²) in [5.41, 5.74) is 3.73. The molecule has 1 aliphatic heterocycles. The van der Waals surface area contributed by atoms with Crippen LogP contribution >= 0.6 is 0 Å². The van der Waals surface area contributed by atoms with Gasteiger partial charge >= 0.3 is 0 Å². The molecule has 0 fully saturated rings. The minimum atomic E-state index is -2.37. The van der Waals surface area contributed by atoms with Crippen molar-refractivity contribution in [2.75, 3.05) is 36.7 Å². The second-order valence-electron chi connectivity index (χ2n) is 8.23. The Morgan fingerprint density at radius 1 is 1.12 bits per heavy atom. The summed E-state index contributed by atoms with van der Waals surface area (Å²) in [7, 11) is -0.318. The number of fused-ring (bicyclic) bond motifs is 1. The largest absolute Gasteiger partial charge is 0.324 e. The van der Waals surface area contributed by atoms with E-state index in [-0.39, 0.29) is 17.3 Å². The van der Waals surface area contributed by atoms with Gasteiger partial charge in [0, 0.05) is 41.0 Å². The van der Waals surface area contributed by atoms with Crippen LogP contribution in [0.15, 0.2) is 40.9 Å². The maximum Gasteiger partial charge on any atom is 0.229 e. The van der Waals surface area contributed by atoms with E-state index >= 15 is 0 Å². The number of anilines is 4. The Morgan fingerprint density at radius 2 is 1.91 bits per heavy atom. The van der Waals surface area contributed by atoms with Gasteiger partial charge in [0.15, 0.2) is 11.6 Å². The average molecular weight is 474 g/mol. The summed E-state index contributed by atoms with van der Waals surface area (Å²) >= 11 is 0. The lowest BCUT2D eigenvalue weighted by molar-refractivity contribution is 0.313. The van der Waals surface area contributed by atoms with E-state index in [1.54, 1.807) is 24.3 Å². The number of pyridine rings is 1. The molecule has 34 heavy (non-hydrogen) atoms. The van der Waals surface area contributed by atoms with Crippen molar-refractivity contribution >= 4 is 38.8 Å². The van der Waals surface area contributed by atoms with E-state index in [0.717, 1.165) is 30.6 Å². The Morgan fingerprint density at radius 3 is 2.65 bits per heavy atom. The van der Waals surface area contributed by atoms with Crippen LogP contribution in [0.4, 0.5) is 29.1 Å². The topological polar surface area (TPSA) is 143 Å². The molecule has 0 bridgehead atoms. The third-order valence-electron chi connectivity index (χ3n) is 5.11. The van der Waals surface area contributed by atoms with E-state index in [2.05, 4.69) is 47.0 Å². The van der Waals surface area contributed by atoms with Gasteiger partial charge in [-0.25, -0.2) is 14.2 Å². The molecule has 0 atom stereocenters. The molecule has 3 aromatic rings. The van der Waals surface area contributed by atoms with E-state index in [0.29, 0.717) is 22.9 Å². The lowest BCUT2D eigenvalue weighted by atomic mass is 9.94. The van der Waals surface area contributed by atoms with Crippen molar-refractivity contribution in [3.63, 3.8) is 0 Å². The standard InChI is InChI=1S/C23H23N9OS/c1-32-8-7-19-15(11-24)9-18(10-16(19)14-32)27-23-26-13-17(12-25)22(30-23)29-20-5-4-6-21(28-20)31-34(2,3)33/h4-6,9-10,13H,7-8,14H2,1-3H3,(H2,26,27,28,29,30). The first-order valence-electron chi connectivity index (χ1n) is 10.4. The van der Waals surface area contributed by atoms with E-state index in [1.807, 2.05) is 13.1 Å². The molecule has 0 radical (unpaired) electrons. The van der Waals surface area contributed by atoms with Gasteiger partial charge in [-0.2, -0.15) is 19.9 Å². The Balaban J connectivity index is 1.64. The van der Waals surface area contributed by atoms with Gasteiger partial charge in [0.2, 0.25) is 5.95 Å². The first kappa shape index (κ1) is 23.1. The molecule has 0 spiro atoms. The summed E-state index contributed by atoms with van der Waals surface area (Å²) in [4.78, 5) is 15.2. The SMILES string of the molecule is CN1CCc2c(C#N)cc(Nc3ncc(C#N)c(Nc4cccc(N=S(C)(C)=O)n4)n3)cc2C1. The predicted molar refractivity (Wildman–Crippen MR) is 131 cm³/mol. The Labute approximate surface area is 198 Å². The van der Waals surface area contributed by atoms with Crippen LogP contribution in [0.2, 0.25) is 0 Å². The van der Waals surface area contributed by atoms with Gasteiger partial charge in [-0.3, -0.25) is 0 Å². The first-order chi connectivity index (χ1) is 16.2. The zero-order valence-electron chi connectivity index (χ0n) is 19.0. The fourth-order valence-corrected chi connectivity index (χ4v) is 4.20. The van der Waals surface area contributed by atoms with E-state index in [1.165, 1.54) is 18.7 Å². The minimum Gasteiger partial charge on any atom is -0.324 e. The van der Waals surface area contributed by atoms with Gasteiger partial charge in [-0.05, 0) is 48.9 Å². The zero-order valence-corrected chi connectivity index (χ0v) is 19.8. The number of hydrogen-bond acceptors (Lipinski definition) is 10. The highest BCUT2D eigenvalue weighted by Gasteiger charge is 2.18. The number of aromatic nitrogens is 3. The van der Waals surface area contributed by atoms with Crippen molar-refractivity contribution in [1.29, 1.82) is 10.5 Å². The van der Waals surface area contributed by atoms with Gasteiger partial charge < -0.3 is 15.5 Å². The number of nitrogens with zero attached hydrogens (tertiary/aromatic N) is 7. The number of hydrogen-bond donors (Lipinski definition) is 2. The van der Waals surface area contributed by atoms with Crippen LogP contribution in [0.3, 0.4) is 0 Å². The monoisotopic (exact) mass is 473 g/mol. The molecular formula is C23H23N9OS. The number of likely N-dealkylation sites (N-methyl/N-ethyl adjacent to an activating group) is 1. The molecule has 0 saturated heterocycles. The summed E-state index contributed by atoms with van der Waals surface area (Å²) in [6, 6.07) is 13.2. The predicted octanol–water partition coefficient (Wildman–Crippen LogP) is 3.45. The third kappa shape index (κ3) is 5.46. The van der Waals surface area contributed by atoms with E-state index in [4.69, 9.17) is 0 Å². The molecule has 1 aliphatic rings. The van der Waals surface area contributed by atoms with Crippen LogP contribution < -0.4 is 10.6 Å². The van der Waals surface area contributed by atoms with Gasteiger partial charge in [-0.15, -0.1) is 0 Å². The summed E-state index contributed by atoms with van der Waals surface area (Å²) in [5, 5.41) is 25.3. The number of benzene rings is 1. The number of nitrogens with one attached hydrogen (secondary N) is 2. The molecule has 172 valence electrons.